The Morgan fingerprint density at radius 2 is 1.89 bits per heavy atom. The SMILES string of the molecule is CCCn1c(-c2ccc(NC(=O)NC(C)C)cc2)c(N)c2ccc(OC)cc21. The Kier molecular flexibility index (Phi) is 5.78. The number of anilines is 2. The fourth-order valence-corrected chi connectivity index (χ4v) is 3.39. The molecule has 0 fully saturated rings. The molecule has 28 heavy (non-hydrogen) atoms. The summed E-state index contributed by atoms with van der Waals surface area (Å²) < 4.78 is 7.63. The van der Waals surface area contributed by atoms with Crippen LogP contribution in [0.1, 0.15) is 27.2 Å². The highest BCUT2D eigenvalue weighted by atomic mass is 16.5. The molecule has 1 aromatic heterocycles. The quantitative estimate of drug-likeness (QED) is 0.572. The minimum Gasteiger partial charge on any atom is -0.497 e. The minimum absolute atomic E-state index is 0.0841. The monoisotopic (exact) mass is 380 g/mol. The van der Waals surface area contributed by atoms with E-state index in [4.69, 9.17) is 10.5 Å². The Hall–Kier alpha value is -3.15. The first kappa shape index (κ1) is 19.6. The summed E-state index contributed by atoms with van der Waals surface area (Å²) in [6.07, 6.45) is 0.989. The molecule has 0 unspecified atom stereocenters. The zero-order chi connectivity index (χ0) is 20.3. The summed E-state index contributed by atoms with van der Waals surface area (Å²) >= 11 is 0. The van der Waals surface area contributed by atoms with Crippen LogP contribution in [-0.4, -0.2) is 23.7 Å². The maximum Gasteiger partial charge on any atom is 0.319 e. The van der Waals surface area contributed by atoms with Crippen molar-refractivity contribution in [3.63, 3.8) is 0 Å². The number of nitrogen functional groups attached to an aromatic ring is 1. The first-order valence-electron chi connectivity index (χ1n) is 9.58. The number of ether oxygens (including phenoxy) is 1. The van der Waals surface area contributed by atoms with Gasteiger partial charge in [-0.25, -0.2) is 4.79 Å². The molecule has 0 spiro atoms. The lowest BCUT2D eigenvalue weighted by Crippen LogP contribution is -2.34. The molecule has 2 aromatic carbocycles. The maximum atomic E-state index is 11.9. The molecule has 6 heteroatoms. The lowest BCUT2D eigenvalue weighted by atomic mass is 10.1. The molecule has 148 valence electrons. The summed E-state index contributed by atoms with van der Waals surface area (Å²) in [6, 6.07) is 13.6. The Balaban J connectivity index is 1.99. The van der Waals surface area contributed by atoms with Gasteiger partial charge in [0.15, 0.2) is 0 Å². The predicted molar refractivity (Wildman–Crippen MR) is 116 cm³/mol. The van der Waals surface area contributed by atoms with Gasteiger partial charge in [-0.3, -0.25) is 0 Å². The highest BCUT2D eigenvalue weighted by molar-refractivity contribution is 6.01. The van der Waals surface area contributed by atoms with Crippen molar-refractivity contribution in [3.05, 3.63) is 42.5 Å². The second-order valence-corrected chi connectivity index (χ2v) is 7.13. The van der Waals surface area contributed by atoms with Crippen molar-refractivity contribution < 1.29 is 9.53 Å². The van der Waals surface area contributed by atoms with Crippen LogP contribution < -0.4 is 21.1 Å². The number of nitrogens with one attached hydrogen (secondary N) is 2. The molecule has 1 heterocycles. The van der Waals surface area contributed by atoms with E-state index in [0.717, 1.165) is 52.3 Å². The van der Waals surface area contributed by atoms with Crippen molar-refractivity contribution in [1.29, 1.82) is 0 Å². The van der Waals surface area contributed by atoms with Crippen molar-refractivity contribution in [2.45, 2.75) is 39.8 Å². The van der Waals surface area contributed by atoms with Crippen molar-refractivity contribution in [3.8, 4) is 17.0 Å². The number of fused-ring (bicyclic) bond motifs is 1. The number of hydrogen-bond donors (Lipinski definition) is 3. The van der Waals surface area contributed by atoms with Gasteiger partial charge in [-0.05, 0) is 44.5 Å². The van der Waals surface area contributed by atoms with E-state index < -0.39 is 0 Å². The van der Waals surface area contributed by atoms with Crippen LogP contribution in [0, 0.1) is 0 Å². The largest absolute Gasteiger partial charge is 0.497 e. The number of amides is 2. The Morgan fingerprint density at radius 1 is 1.18 bits per heavy atom. The molecule has 0 radical (unpaired) electrons. The number of aromatic nitrogens is 1. The fraction of sp³-hybridized carbons (Fsp3) is 0.318. The van der Waals surface area contributed by atoms with Crippen molar-refractivity contribution >= 4 is 28.3 Å². The number of urea groups is 1. The molecule has 0 bridgehead atoms. The lowest BCUT2D eigenvalue weighted by molar-refractivity contribution is 0.250. The predicted octanol–water partition coefficient (Wildman–Crippen LogP) is 4.84. The van der Waals surface area contributed by atoms with E-state index in [-0.39, 0.29) is 12.1 Å². The van der Waals surface area contributed by atoms with E-state index in [1.165, 1.54) is 0 Å². The summed E-state index contributed by atoms with van der Waals surface area (Å²) in [5.74, 6) is 0.810. The topological polar surface area (TPSA) is 81.3 Å². The van der Waals surface area contributed by atoms with Gasteiger partial charge >= 0.3 is 6.03 Å². The van der Waals surface area contributed by atoms with E-state index in [9.17, 15) is 4.79 Å². The first-order chi connectivity index (χ1) is 13.4. The van der Waals surface area contributed by atoms with Crippen LogP contribution in [0.25, 0.3) is 22.2 Å². The van der Waals surface area contributed by atoms with Gasteiger partial charge in [-0.2, -0.15) is 0 Å². The second-order valence-electron chi connectivity index (χ2n) is 7.13. The highest BCUT2D eigenvalue weighted by Crippen LogP contribution is 2.38. The molecule has 0 aliphatic carbocycles. The van der Waals surface area contributed by atoms with Gasteiger partial charge < -0.3 is 25.7 Å². The third-order valence-corrected chi connectivity index (χ3v) is 4.59. The van der Waals surface area contributed by atoms with Crippen molar-refractivity contribution in [2.75, 3.05) is 18.2 Å². The Bertz CT molecular complexity index is 974. The molecule has 0 saturated carbocycles. The van der Waals surface area contributed by atoms with Gasteiger partial charge in [0.1, 0.15) is 5.75 Å². The van der Waals surface area contributed by atoms with Gasteiger partial charge in [-0.15, -0.1) is 0 Å². The van der Waals surface area contributed by atoms with Gasteiger partial charge in [0.05, 0.1) is 24.0 Å². The lowest BCUT2D eigenvalue weighted by Gasteiger charge is -2.13. The van der Waals surface area contributed by atoms with Crippen molar-refractivity contribution in [1.82, 2.24) is 9.88 Å². The Labute approximate surface area is 165 Å². The highest BCUT2D eigenvalue weighted by Gasteiger charge is 2.17. The third kappa shape index (κ3) is 3.91. The second kappa shape index (κ2) is 8.25. The zero-order valence-electron chi connectivity index (χ0n) is 16.9. The fourth-order valence-electron chi connectivity index (χ4n) is 3.39. The summed E-state index contributed by atoms with van der Waals surface area (Å²) in [6.45, 7) is 6.85. The summed E-state index contributed by atoms with van der Waals surface area (Å²) in [4.78, 5) is 11.9. The first-order valence-corrected chi connectivity index (χ1v) is 9.58. The van der Waals surface area contributed by atoms with E-state index in [1.807, 2.05) is 56.3 Å². The standard InChI is InChI=1S/C22H28N4O2/c1-5-12-26-19-13-17(28-4)10-11-18(19)20(23)21(26)15-6-8-16(9-7-15)25-22(27)24-14(2)3/h6-11,13-14H,5,12,23H2,1-4H3,(H2,24,25,27). The molecule has 0 aliphatic heterocycles. The molecule has 0 saturated heterocycles. The maximum absolute atomic E-state index is 11.9. The van der Waals surface area contributed by atoms with Gasteiger partial charge in [0.2, 0.25) is 0 Å². The van der Waals surface area contributed by atoms with Crippen LogP contribution in [0.2, 0.25) is 0 Å². The van der Waals surface area contributed by atoms with Crippen LogP contribution in [-0.2, 0) is 6.54 Å². The smallest absolute Gasteiger partial charge is 0.319 e. The van der Waals surface area contributed by atoms with Gasteiger partial charge in [0, 0.05) is 35.3 Å². The summed E-state index contributed by atoms with van der Waals surface area (Å²) in [7, 11) is 1.67. The molecule has 0 atom stereocenters. The van der Waals surface area contributed by atoms with E-state index in [0.29, 0.717) is 0 Å². The van der Waals surface area contributed by atoms with Crippen LogP contribution in [0.5, 0.6) is 5.75 Å². The number of methoxy groups -OCH3 is 1. The Morgan fingerprint density at radius 3 is 2.50 bits per heavy atom. The molecule has 3 aromatic rings. The van der Waals surface area contributed by atoms with E-state index in [1.54, 1.807) is 7.11 Å². The number of rotatable bonds is 6. The van der Waals surface area contributed by atoms with Crippen LogP contribution in [0.15, 0.2) is 42.5 Å². The number of nitrogens with two attached hydrogens (primary N) is 1. The molecular formula is C22H28N4O2. The summed E-state index contributed by atoms with van der Waals surface area (Å²) in [5, 5.41) is 6.67. The minimum atomic E-state index is -0.213. The summed E-state index contributed by atoms with van der Waals surface area (Å²) in [5.41, 5.74) is 11.1. The molecular weight excluding hydrogens is 352 g/mol. The number of carbonyl (C=O) groups is 1. The number of benzene rings is 2. The van der Waals surface area contributed by atoms with Crippen LogP contribution in [0.4, 0.5) is 16.2 Å². The molecule has 3 rings (SSSR count). The zero-order valence-corrected chi connectivity index (χ0v) is 16.9. The third-order valence-electron chi connectivity index (χ3n) is 4.59. The van der Waals surface area contributed by atoms with Crippen LogP contribution >= 0.6 is 0 Å². The van der Waals surface area contributed by atoms with Crippen LogP contribution in [0.3, 0.4) is 0 Å². The van der Waals surface area contributed by atoms with E-state index >= 15 is 0 Å². The average molecular weight is 380 g/mol. The van der Waals surface area contributed by atoms with E-state index in [2.05, 4.69) is 22.1 Å². The number of carbonyl (C=O) groups excluding carboxylic acids is 1. The average Bonchev–Trinajstić information content (AvgIpc) is 2.93. The molecule has 2 amide bonds. The normalized spacial score (nSPS) is 11.0. The number of hydrogen-bond acceptors (Lipinski definition) is 3. The molecule has 0 aliphatic rings. The van der Waals surface area contributed by atoms with Gasteiger partial charge in [-0.1, -0.05) is 19.1 Å². The molecule has 4 N–H and O–H groups in total. The van der Waals surface area contributed by atoms with Crippen molar-refractivity contribution in [2.24, 2.45) is 0 Å². The number of aryl methyl sites for hydroxylation is 1. The molecule has 6 nitrogen and oxygen atoms in total. The number of nitrogens with zero attached hydrogens (tertiary/aromatic N) is 1. The van der Waals surface area contributed by atoms with Gasteiger partial charge in [0.25, 0.3) is 0 Å².